The number of carboxylic acids is 1. The predicted octanol–water partition coefficient (Wildman–Crippen LogP) is 1.24. The van der Waals surface area contributed by atoms with Crippen molar-refractivity contribution in [3.8, 4) is 0 Å². The van der Waals surface area contributed by atoms with E-state index in [1.807, 2.05) is 32.2 Å². The van der Waals surface area contributed by atoms with E-state index in [2.05, 4.69) is 0 Å². The van der Waals surface area contributed by atoms with Crippen LogP contribution in [0.3, 0.4) is 0 Å². The minimum atomic E-state index is -0.865. The van der Waals surface area contributed by atoms with Gasteiger partial charge in [-0.15, -0.1) is 0 Å². The first-order valence-corrected chi connectivity index (χ1v) is 8.18. The maximum Gasteiger partial charge on any atom is 0.326 e. The van der Waals surface area contributed by atoms with Gasteiger partial charge in [-0.3, -0.25) is 9.46 Å². The van der Waals surface area contributed by atoms with Gasteiger partial charge in [0.1, 0.15) is 6.04 Å². The van der Waals surface area contributed by atoms with Gasteiger partial charge in [0.2, 0.25) is 5.91 Å². The third-order valence-electron chi connectivity index (χ3n) is 4.65. The van der Waals surface area contributed by atoms with Crippen LogP contribution in [0.2, 0.25) is 0 Å². The van der Waals surface area contributed by atoms with Crippen molar-refractivity contribution in [2.75, 3.05) is 20.3 Å². The first-order valence-electron chi connectivity index (χ1n) is 6.74. The number of carbonyl (C=O) groups excluding carboxylic acids is 1. The number of carboxylic acid groups (broad SMARTS) is 1. The molecule has 4 unspecified atom stereocenters. The molecule has 6 heteroatoms. The molecule has 1 N–H and O–H groups in total. The lowest BCUT2D eigenvalue weighted by Crippen LogP contribution is -2.58. The summed E-state index contributed by atoms with van der Waals surface area (Å²) in [7, 11) is 2.43. The summed E-state index contributed by atoms with van der Waals surface area (Å²) in [4.78, 5) is 25.7. The van der Waals surface area contributed by atoms with Gasteiger partial charge in [0, 0.05) is 6.54 Å². The van der Waals surface area contributed by atoms with Crippen molar-refractivity contribution in [3.63, 3.8) is 0 Å². The van der Waals surface area contributed by atoms with E-state index >= 15 is 0 Å². The summed E-state index contributed by atoms with van der Waals surface area (Å²) in [6.07, 6.45) is 1.71. The molecule has 2 aliphatic rings. The number of likely N-dealkylation sites (N-methyl/N-ethyl adjacent to an activating group) is 1. The Labute approximate surface area is 116 Å². The third kappa shape index (κ3) is 2.63. The highest BCUT2D eigenvalue weighted by Crippen LogP contribution is 2.47. The Balaban J connectivity index is 2.18. The Kier molecular flexibility index (Phi) is 3.90. The second kappa shape index (κ2) is 5.02. The fourth-order valence-electron chi connectivity index (χ4n) is 2.85. The molecule has 1 saturated heterocycles. The Bertz CT molecular complexity index is 399. The van der Waals surface area contributed by atoms with Crippen LogP contribution >= 0.6 is 8.73 Å². The zero-order valence-corrected chi connectivity index (χ0v) is 13.0. The Morgan fingerprint density at radius 1 is 1.32 bits per heavy atom. The molecule has 2 rings (SSSR count). The number of fused-ring (bicyclic) bond motifs is 1. The molecular weight excluding hydrogens is 263 g/mol. The summed E-state index contributed by atoms with van der Waals surface area (Å²) in [5.41, 5.74) is -0.636. The van der Waals surface area contributed by atoms with Gasteiger partial charge in [-0.05, 0) is 52.2 Å². The number of aliphatic carboxylic acids is 1. The number of piperidine rings is 1. The van der Waals surface area contributed by atoms with Crippen molar-refractivity contribution in [1.29, 1.82) is 0 Å². The molecular formula is C13H23N2O3P. The Morgan fingerprint density at radius 2 is 1.95 bits per heavy atom. The monoisotopic (exact) mass is 286 g/mol. The topological polar surface area (TPSA) is 60.9 Å². The molecule has 5 nitrogen and oxygen atoms in total. The SMILES string of the molecule is CPN(C)C(C)(C)C(=O)N1CC2CC2CC1C(=O)O. The van der Waals surface area contributed by atoms with Gasteiger partial charge in [-0.1, -0.05) is 8.73 Å². The lowest BCUT2D eigenvalue weighted by molar-refractivity contribution is -0.156. The molecule has 0 aromatic rings. The minimum absolute atomic E-state index is 0.0536. The lowest BCUT2D eigenvalue weighted by Gasteiger charge is -2.41. The van der Waals surface area contributed by atoms with Crippen LogP contribution in [0.4, 0.5) is 0 Å². The van der Waals surface area contributed by atoms with Crippen molar-refractivity contribution in [3.05, 3.63) is 0 Å². The van der Waals surface area contributed by atoms with Crippen molar-refractivity contribution < 1.29 is 14.7 Å². The standard InChI is InChI=1S/C13H23N2O3P/c1-13(2,14(3)19-4)12(18)15-7-9-5-8(9)6-10(15)11(16)17/h8-10,19H,5-7H2,1-4H3,(H,16,17). The zero-order valence-electron chi connectivity index (χ0n) is 12.0. The predicted molar refractivity (Wildman–Crippen MR) is 75.4 cm³/mol. The molecule has 4 atom stereocenters. The van der Waals surface area contributed by atoms with Gasteiger partial charge >= 0.3 is 5.97 Å². The number of likely N-dealkylation sites (tertiary alicyclic amines) is 1. The van der Waals surface area contributed by atoms with Crippen molar-refractivity contribution in [1.82, 2.24) is 9.57 Å². The highest BCUT2D eigenvalue weighted by atomic mass is 31.1. The van der Waals surface area contributed by atoms with Crippen LogP contribution in [0.25, 0.3) is 0 Å². The van der Waals surface area contributed by atoms with Crippen LogP contribution in [-0.4, -0.2) is 58.4 Å². The summed E-state index contributed by atoms with van der Waals surface area (Å²) in [6.45, 7) is 6.40. The van der Waals surface area contributed by atoms with Crippen LogP contribution in [0.5, 0.6) is 0 Å². The molecule has 0 radical (unpaired) electrons. The molecule has 2 fully saturated rings. The average Bonchev–Trinajstić information content (AvgIpc) is 3.13. The summed E-state index contributed by atoms with van der Waals surface area (Å²) in [6, 6.07) is -0.635. The van der Waals surface area contributed by atoms with Crippen LogP contribution in [0.1, 0.15) is 26.7 Å². The molecule has 1 aliphatic carbocycles. The number of carbonyl (C=O) groups is 2. The number of nitrogens with zero attached hydrogens (tertiary/aromatic N) is 2. The number of rotatable bonds is 4. The molecule has 0 aromatic heterocycles. The van der Waals surface area contributed by atoms with Gasteiger partial charge in [0.05, 0.1) is 5.54 Å². The van der Waals surface area contributed by atoms with Crippen LogP contribution < -0.4 is 0 Å². The maximum atomic E-state index is 12.7. The second-order valence-electron chi connectivity index (χ2n) is 6.14. The summed E-state index contributed by atoms with van der Waals surface area (Å²) < 4.78 is 1.99. The van der Waals surface area contributed by atoms with E-state index in [9.17, 15) is 14.7 Å². The first kappa shape index (κ1) is 14.7. The molecule has 1 amide bonds. The van der Waals surface area contributed by atoms with Gasteiger partial charge in [-0.25, -0.2) is 4.79 Å². The molecule has 0 bridgehead atoms. The molecule has 108 valence electrons. The van der Waals surface area contributed by atoms with Gasteiger partial charge < -0.3 is 10.0 Å². The van der Waals surface area contributed by atoms with Crippen molar-refractivity contribution in [2.24, 2.45) is 11.8 Å². The van der Waals surface area contributed by atoms with Crippen LogP contribution in [-0.2, 0) is 9.59 Å². The smallest absolute Gasteiger partial charge is 0.326 e. The second-order valence-corrected chi connectivity index (χ2v) is 7.26. The van der Waals surface area contributed by atoms with E-state index in [1.165, 1.54) is 0 Å². The number of hydrogen-bond acceptors (Lipinski definition) is 3. The fourth-order valence-corrected chi connectivity index (χ4v) is 3.50. The van der Waals surface area contributed by atoms with Crippen LogP contribution in [0, 0.1) is 11.8 Å². The number of hydrogen-bond donors (Lipinski definition) is 1. The minimum Gasteiger partial charge on any atom is -0.480 e. The Hall–Kier alpha value is -0.670. The van der Waals surface area contributed by atoms with Gasteiger partial charge in [0.15, 0.2) is 0 Å². The highest BCUT2D eigenvalue weighted by Gasteiger charge is 2.51. The van der Waals surface area contributed by atoms with Crippen LogP contribution in [0.15, 0.2) is 0 Å². The largest absolute Gasteiger partial charge is 0.480 e. The molecule has 0 spiro atoms. The van der Waals surface area contributed by atoms with E-state index < -0.39 is 17.6 Å². The summed E-state index contributed by atoms with van der Waals surface area (Å²) >= 11 is 0. The Morgan fingerprint density at radius 3 is 2.47 bits per heavy atom. The van der Waals surface area contributed by atoms with E-state index in [1.54, 1.807) is 4.90 Å². The van der Waals surface area contributed by atoms with E-state index in [-0.39, 0.29) is 5.91 Å². The quantitative estimate of drug-likeness (QED) is 0.790. The lowest BCUT2D eigenvalue weighted by atomic mass is 9.97. The maximum absolute atomic E-state index is 12.7. The van der Waals surface area contributed by atoms with Gasteiger partial charge in [0.25, 0.3) is 0 Å². The normalized spacial score (nSPS) is 30.8. The van der Waals surface area contributed by atoms with E-state index in [0.29, 0.717) is 33.5 Å². The molecule has 1 heterocycles. The fraction of sp³-hybridized carbons (Fsp3) is 0.846. The third-order valence-corrected chi connectivity index (χ3v) is 5.88. The first-order chi connectivity index (χ1) is 8.78. The molecule has 1 saturated carbocycles. The zero-order chi connectivity index (χ0) is 14.4. The molecule has 0 aromatic carbocycles. The molecule has 1 aliphatic heterocycles. The van der Waals surface area contributed by atoms with E-state index in [4.69, 9.17) is 0 Å². The van der Waals surface area contributed by atoms with Crippen molar-refractivity contribution >= 4 is 20.6 Å². The van der Waals surface area contributed by atoms with Gasteiger partial charge in [-0.2, -0.15) is 0 Å². The summed E-state index contributed by atoms with van der Waals surface area (Å²) in [5.74, 6) is 0.141. The molecule has 19 heavy (non-hydrogen) atoms. The van der Waals surface area contributed by atoms with E-state index in [0.717, 1.165) is 6.42 Å². The number of amides is 1. The average molecular weight is 286 g/mol. The highest BCUT2D eigenvalue weighted by molar-refractivity contribution is 7.34. The summed E-state index contributed by atoms with van der Waals surface area (Å²) in [5, 5.41) is 9.35. The van der Waals surface area contributed by atoms with Crippen molar-refractivity contribution in [2.45, 2.75) is 38.3 Å².